The lowest BCUT2D eigenvalue weighted by molar-refractivity contribution is -0.140. The van der Waals surface area contributed by atoms with E-state index in [2.05, 4.69) is 17.1 Å². The molecule has 3 aromatic carbocycles. The van der Waals surface area contributed by atoms with Crippen LogP contribution in [-0.4, -0.2) is 45.5 Å². The predicted molar refractivity (Wildman–Crippen MR) is 154 cm³/mol. The zero-order valence-corrected chi connectivity index (χ0v) is 23.1. The number of aromatic nitrogens is 1. The van der Waals surface area contributed by atoms with Gasteiger partial charge in [-0.25, -0.2) is 9.98 Å². The maximum absolute atomic E-state index is 14.7. The maximum Gasteiger partial charge on any atom is 0.255 e. The van der Waals surface area contributed by atoms with E-state index in [-0.39, 0.29) is 12.5 Å². The van der Waals surface area contributed by atoms with Gasteiger partial charge in [0.25, 0.3) is 5.91 Å². The summed E-state index contributed by atoms with van der Waals surface area (Å²) in [5, 5.41) is 12.0. The lowest BCUT2D eigenvalue weighted by Crippen LogP contribution is -2.49. The van der Waals surface area contributed by atoms with Crippen molar-refractivity contribution in [3.63, 3.8) is 0 Å². The van der Waals surface area contributed by atoms with Crippen LogP contribution in [0.15, 0.2) is 89.2 Å². The molecule has 40 heavy (non-hydrogen) atoms. The summed E-state index contributed by atoms with van der Waals surface area (Å²) in [7, 11) is 0. The fraction of sp³-hybridized carbons (Fsp3) is 0.281. The monoisotopic (exact) mass is 553 g/mol. The summed E-state index contributed by atoms with van der Waals surface area (Å²) < 4.78 is 12.3. The van der Waals surface area contributed by atoms with Gasteiger partial charge in [-0.3, -0.25) is 4.79 Å². The molecule has 6 rings (SSSR count). The third-order valence-corrected chi connectivity index (χ3v) is 8.18. The van der Waals surface area contributed by atoms with Crippen LogP contribution >= 0.6 is 11.3 Å². The Labute approximate surface area is 237 Å². The number of rotatable bonds is 8. The number of hydrogen-bond donors (Lipinski definition) is 1. The molecule has 7 nitrogen and oxygen atoms in total. The number of benzene rings is 3. The van der Waals surface area contributed by atoms with E-state index >= 15 is 0 Å². The van der Waals surface area contributed by atoms with Gasteiger partial charge in [0.05, 0.1) is 23.9 Å². The number of aliphatic hydroxyl groups excluding tert-OH is 1. The van der Waals surface area contributed by atoms with Crippen LogP contribution in [0.3, 0.4) is 0 Å². The maximum atomic E-state index is 14.7. The van der Waals surface area contributed by atoms with E-state index < -0.39 is 11.6 Å². The SMILES string of the molecule is Cc1nc(CN2Cc3ccccc3C[C@@]3(N=C(c4ccc(OCCCO)cc4)O[C@H]3c3ccccc3)C2=O)cs1. The largest absolute Gasteiger partial charge is 0.494 e. The van der Waals surface area contributed by atoms with Crippen LogP contribution in [0.5, 0.6) is 5.75 Å². The first kappa shape index (κ1) is 26.2. The number of carbonyl (C=O) groups is 1. The third kappa shape index (κ3) is 5.12. The first-order valence-electron chi connectivity index (χ1n) is 13.5. The smallest absolute Gasteiger partial charge is 0.255 e. The highest BCUT2D eigenvalue weighted by molar-refractivity contribution is 7.09. The minimum atomic E-state index is -1.18. The number of aliphatic hydroxyl groups is 1. The minimum absolute atomic E-state index is 0.0674. The lowest BCUT2D eigenvalue weighted by Gasteiger charge is -2.33. The Morgan fingerprint density at radius 1 is 1.05 bits per heavy atom. The van der Waals surface area contributed by atoms with E-state index in [1.807, 2.05) is 83.9 Å². The Morgan fingerprint density at radius 3 is 2.52 bits per heavy atom. The van der Waals surface area contributed by atoms with Crippen molar-refractivity contribution in [3.05, 3.63) is 117 Å². The molecule has 1 N–H and O–H groups in total. The molecular formula is C32H31N3O4S. The Kier molecular flexibility index (Phi) is 7.36. The zero-order valence-electron chi connectivity index (χ0n) is 22.3. The summed E-state index contributed by atoms with van der Waals surface area (Å²) in [6.45, 7) is 3.40. The van der Waals surface area contributed by atoms with E-state index in [1.165, 1.54) is 0 Å². The van der Waals surface area contributed by atoms with E-state index in [4.69, 9.17) is 19.6 Å². The van der Waals surface area contributed by atoms with Crippen LogP contribution in [0.2, 0.25) is 0 Å². The van der Waals surface area contributed by atoms with E-state index in [0.29, 0.717) is 44.2 Å². The summed E-state index contributed by atoms with van der Waals surface area (Å²) in [4.78, 5) is 26.4. The van der Waals surface area contributed by atoms with Gasteiger partial charge in [-0.2, -0.15) is 0 Å². The summed E-state index contributed by atoms with van der Waals surface area (Å²) in [5.41, 5.74) is 3.59. The minimum Gasteiger partial charge on any atom is -0.494 e. The van der Waals surface area contributed by atoms with Crippen LogP contribution in [-0.2, 0) is 29.0 Å². The second kappa shape index (κ2) is 11.2. The third-order valence-electron chi connectivity index (χ3n) is 7.36. The molecule has 2 aliphatic rings. The van der Waals surface area contributed by atoms with Crippen molar-refractivity contribution in [1.29, 1.82) is 0 Å². The second-order valence-electron chi connectivity index (χ2n) is 10.2. The van der Waals surface area contributed by atoms with Crippen molar-refractivity contribution in [2.75, 3.05) is 13.2 Å². The molecule has 0 aliphatic carbocycles. The van der Waals surface area contributed by atoms with Crippen LogP contribution < -0.4 is 4.74 Å². The molecule has 4 aromatic rings. The molecule has 8 heteroatoms. The van der Waals surface area contributed by atoms with Crippen molar-refractivity contribution < 1.29 is 19.4 Å². The van der Waals surface area contributed by atoms with Gasteiger partial charge in [0.15, 0.2) is 11.6 Å². The van der Waals surface area contributed by atoms with Crippen LogP contribution in [0.1, 0.15) is 45.5 Å². The van der Waals surface area contributed by atoms with Crippen molar-refractivity contribution in [1.82, 2.24) is 9.88 Å². The molecule has 2 atom stereocenters. The zero-order chi connectivity index (χ0) is 27.5. The number of thiazole rings is 1. The van der Waals surface area contributed by atoms with E-state index in [1.54, 1.807) is 11.3 Å². The van der Waals surface area contributed by atoms with Gasteiger partial charge in [-0.05, 0) is 47.9 Å². The molecule has 2 aliphatic heterocycles. The molecule has 0 fully saturated rings. The molecule has 0 saturated heterocycles. The number of ether oxygens (including phenoxy) is 2. The highest BCUT2D eigenvalue weighted by Gasteiger charge is 2.56. The Balaban J connectivity index is 1.43. The van der Waals surface area contributed by atoms with Crippen molar-refractivity contribution in [3.8, 4) is 5.75 Å². The second-order valence-corrected chi connectivity index (χ2v) is 11.2. The van der Waals surface area contributed by atoms with Crippen LogP contribution in [0.4, 0.5) is 0 Å². The predicted octanol–water partition coefficient (Wildman–Crippen LogP) is 5.25. The number of hydrogen-bond acceptors (Lipinski definition) is 7. The summed E-state index contributed by atoms with van der Waals surface area (Å²) in [5.74, 6) is 1.07. The fourth-order valence-electron chi connectivity index (χ4n) is 5.43. The van der Waals surface area contributed by atoms with Crippen molar-refractivity contribution in [2.24, 2.45) is 4.99 Å². The summed E-state index contributed by atoms with van der Waals surface area (Å²) >= 11 is 1.59. The Morgan fingerprint density at radius 2 is 1.80 bits per heavy atom. The number of nitrogens with zero attached hydrogens (tertiary/aromatic N) is 3. The van der Waals surface area contributed by atoms with Gasteiger partial charge < -0.3 is 19.5 Å². The number of carbonyl (C=O) groups excluding carboxylic acids is 1. The number of aliphatic imine (C=N–C) groups is 1. The normalized spacial score (nSPS) is 20.1. The molecule has 1 amide bonds. The van der Waals surface area contributed by atoms with Gasteiger partial charge in [0, 0.05) is 36.9 Å². The molecule has 0 unspecified atom stereocenters. The molecule has 0 bridgehead atoms. The molecule has 1 spiro atoms. The number of aryl methyl sites for hydroxylation is 1. The lowest BCUT2D eigenvalue weighted by atomic mass is 9.82. The first-order chi connectivity index (χ1) is 19.6. The first-order valence-corrected chi connectivity index (χ1v) is 14.4. The highest BCUT2D eigenvalue weighted by atomic mass is 32.1. The average molecular weight is 554 g/mol. The molecule has 0 saturated carbocycles. The van der Waals surface area contributed by atoms with Crippen LogP contribution in [0.25, 0.3) is 0 Å². The number of amides is 1. The van der Waals surface area contributed by atoms with Gasteiger partial charge >= 0.3 is 0 Å². The van der Waals surface area contributed by atoms with Gasteiger partial charge in [0.1, 0.15) is 5.75 Å². The van der Waals surface area contributed by atoms with E-state index in [0.717, 1.165) is 33.0 Å². The molecule has 0 radical (unpaired) electrons. The molecular weight excluding hydrogens is 522 g/mol. The molecule has 204 valence electrons. The summed E-state index contributed by atoms with van der Waals surface area (Å²) in [6, 6.07) is 25.6. The molecule has 1 aromatic heterocycles. The standard InChI is InChI=1S/C32H31N3O4S/c1-22-33-27(21-40-22)20-35-19-26-11-6-5-10-25(26)18-32(31(35)37)29(23-8-3-2-4-9-23)39-30(34-32)24-12-14-28(15-13-24)38-17-7-16-36/h2-6,8-15,21,29,36H,7,16-20H2,1H3/t29-,32-/m0/s1. The quantitative estimate of drug-likeness (QED) is 0.301. The van der Waals surface area contributed by atoms with Crippen molar-refractivity contribution in [2.45, 2.75) is 44.5 Å². The van der Waals surface area contributed by atoms with E-state index in [9.17, 15) is 4.79 Å². The van der Waals surface area contributed by atoms with Crippen LogP contribution in [0, 0.1) is 6.92 Å². The van der Waals surface area contributed by atoms with Gasteiger partial charge in [-0.1, -0.05) is 54.6 Å². The topological polar surface area (TPSA) is 84.2 Å². The Hall–Kier alpha value is -4.01. The van der Waals surface area contributed by atoms with Gasteiger partial charge in [-0.15, -0.1) is 11.3 Å². The number of fused-ring (bicyclic) bond motifs is 1. The highest BCUT2D eigenvalue weighted by Crippen LogP contribution is 2.45. The van der Waals surface area contributed by atoms with Crippen molar-refractivity contribution >= 4 is 23.1 Å². The summed E-state index contributed by atoms with van der Waals surface area (Å²) in [6.07, 6.45) is 0.405. The fourth-order valence-corrected chi connectivity index (χ4v) is 6.03. The van der Waals surface area contributed by atoms with Gasteiger partial charge in [0.2, 0.25) is 5.90 Å². The molecule has 3 heterocycles. The Bertz CT molecular complexity index is 1520. The average Bonchev–Trinajstić information content (AvgIpc) is 3.55.